The molecule has 0 spiro atoms. The highest BCUT2D eigenvalue weighted by molar-refractivity contribution is 6.34. The van der Waals surface area contributed by atoms with Gasteiger partial charge in [-0.05, 0) is 24.6 Å². The molecule has 0 bridgehead atoms. The first-order valence-electron chi connectivity index (χ1n) is 7.35. The van der Waals surface area contributed by atoms with Crippen LogP contribution in [0.15, 0.2) is 18.2 Å². The van der Waals surface area contributed by atoms with Gasteiger partial charge in [0, 0.05) is 38.8 Å². The minimum Gasteiger partial charge on any atom is -0.380 e. The van der Waals surface area contributed by atoms with E-state index in [1.807, 2.05) is 0 Å². The number of hydrogen-bond donors (Lipinski definition) is 2. The summed E-state index contributed by atoms with van der Waals surface area (Å²) in [6.07, 6.45) is -5.24. The third-order valence-corrected chi connectivity index (χ3v) is 3.96. The fourth-order valence-corrected chi connectivity index (χ4v) is 2.49. The molecule has 0 saturated carbocycles. The Morgan fingerprint density at radius 1 is 1.43 bits per heavy atom. The normalized spacial score (nSPS) is 15.2. The summed E-state index contributed by atoms with van der Waals surface area (Å²) in [7, 11) is 1.47. The number of carbonyl (C=O) groups is 1. The van der Waals surface area contributed by atoms with Crippen molar-refractivity contribution in [2.75, 3.05) is 32.0 Å². The van der Waals surface area contributed by atoms with Crippen molar-refractivity contribution < 1.29 is 18.0 Å². The van der Waals surface area contributed by atoms with Crippen molar-refractivity contribution in [3.8, 4) is 0 Å². The number of alkyl halides is 3. The largest absolute Gasteiger partial charge is 0.389 e. The van der Waals surface area contributed by atoms with Crippen LogP contribution < -0.4 is 10.6 Å². The van der Waals surface area contributed by atoms with Crippen LogP contribution in [-0.4, -0.2) is 49.7 Å². The first kappa shape index (κ1) is 17.9. The first-order valence-corrected chi connectivity index (χ1v) is 7.73. The summed E-state index contributed by atoms with van der Waals surface area (Å²) in [5, 5.41) is 6.69. The minimum absolute atomic E-state index is 0.0302. The van der Waals surface area contributed by atoms with Crippen molar-refractivity contribution in [3.05, 3.63) is 28.8 Å². The zero-order chi connectivity index (χ0) is 17.0. The maximum Gasteiger partial charge on any atom is 0.389 e. The van der Waals surface area contributed by atoms with Crippen LogP contribution in [0.2, 0.25) is 5.02 Å². The van der Waals surface area contributed by atoms with Crippen LogP contribution in [0.5, 0.6) is 0 Å². The van der Waals surface area contributed by atoms with Crippen LogP contribution in [0.3, 0.4) is 0 Å². The van der Waals surface area contributed by atoms with Gasteiger partial charge in [-0.15, -0.1) is 0 Å². The van der Waals surface area contributed by atoms with E-state index in [-0.39, 0.29) is 23.9 Å². The Kier molecular flexibility index (Phi) is 5.75. The molecule has 0 aromatic heterocycles. The standard InChI is InChI=1S/C15H19ClF3N3O/c1-22(6-2-5-15(17,18)19)14(23)12-4-3-10(7-13(12)16)21-11-8-20-9-11/h3-4,7,11,20-21H,2,5-6,8-9H2,1H3. The number of amides is 1. The molecule has 4 nitrogen and oxygen atoms in total. The van der Waals surface area contributed by atoms with Crippen molar-refractivity contribution in [3.63, 3.8) is 0 Å². The molecule has 128 valence electrons. The Balaban J connectivity index is 1.92. The minimum atomic E-state index is -4.20. The third kappa shape index (κ3) is 5.28. The van der Waals surface area contributed by atoms with E-state index in [0.29, 0.717) is 11.6 Å². The predicted molar refractivity (Wildman–Crippen MR) is 84.0 cm³/mol. The number of anilines is 1. The number of hydrogen-bond acceptors (Lipinski definition) is 3. The molecule has 0 atom stereocenters. The second-order valence-corrected chi connectivity index (χ2v) is 6.05. The molecule has 2 rings (SSSR count). The number of nitrogens with zero attached hydrogens (tertiary/aromatic N) is 1. The van der Waals surface area contributed by atoms with Crippen molar-refractivity contribution >= 4 is 23.2 Å². The molecule has 1 aromatic carbocycles. The van der Waals surface area contributed by atoms with Crippen molar-refractivity contribution in [2.45, 2.75) is 25.1 Å². The molecular weight excluding hydrogens is 331 g/mol. The molecule has 1 fully saturated rings. The van der Waals surface area contributed by atoms with Gasteiger partial charge in [-0.3, -0.25) is 4.79 Å². The average molecular weight is 350 g/mol. The highest BCUT2D eigenvalue weighted by Gasteiger charge is 2.27. The lowest BCUT2D eigenvalue weighted by Gasteiger charge is -2.29. The van der Waals surface area contributed by atoms with Crippen LogP contribution in [0, 0.1) is 0 Å². The Morgan fingerprint density at radius 3 is 2.65 bits per heavy atom. The maximum absolute atomic E-state index is 12.3. The molecule has 0 aliphatic carbocycles. The molecule has 0 radical (unpaired) electrons. The van der Waals surface area contributed by atoms with Gasteiger partial charge in [0.15, 0.2) is 0 Å². The Bertz CT molecular complexity index is 561. The molecule has 2 N–H and O–H groups in total. The molecule has 1 saturated heterocycles. The molecular formula is C15H19ClF3N3O. The van der Waals surface area contributed by atoms with Gasteiger partial charge in [-0.2, -0.15) is 13.2 Å². The van der Waals surface area contributed by atoms with Crippen molar-refractivity contribution in [1.29, 1.82) is 0 Å². The summed E-state index contributed by atoms with van der Waals surface area (Å²) in [6.45, 7) is 1.78. The summed E-state index contributed by atoms with van der Waals surface area (Å²) in [5.74, 6) is -0.381. The fourth-order valence-electron chi connectivity index (χ4n) is 2.23. The van der Waals surface area contributed by atoms with Gasteiger partial charge in [-0.1, -0.05) is 11.6 Å². The molecule has 0 unspecified atom stereocenters. The summed E-state index contributed by atoms with van der Waals surface area (Å²) in [5.41, 5.74) is 1.11. The van der Waals surface area contributed by atoms with E-state index in [9.17, 15) is 18.0 Å². The van der Waals surface area contributed by atoms with Gasteiger partial charge in [-0.25, -0.2) is 0 Å². The van der Waals surface area contributed by atoms with E-state index in [1.165, 1.54) is 11.9 Å². The van der Waals surface area contributed by atoms with Crippen LogP contribution >= 0.6 is 11.6 Å². The molecule has 1 aliphatic heterocycles. The predicted octanol–water partition coefficient (Wildman–Crippen LogP) is 3.14. The molecule has 1 aromatic rings. The average Bonchev–Trinajstić information content (AvgIpc) is 2.41. The molecule has 1 aliphatic rings. The third-order valence-electron chi connectivity index (χ3n) is 3.65. The van der Waals surface area contributed by atoms with Crippen molar-refractivity contribution in [1.82, 2.24) is 10.2 Å². The first-order chi connectivity index (χ1) is 10.8. The van der Waals surface area contributed by atoms with Gasteiger partial charge < -0.3 is 15.5 Å². The number of rotatable bonds is 6. The molecule has 1 amide bonds. The lowest BCUT2D eigenvalue weighted by molar-refractivity contribution is -0.135. The lowest BCUT2D eigenvalue weighted by atomic mass is 10.1. The van der Waals surface area contributed by atoms with Gasteiger partial charge in [0.25, 0.3) is 5.91 Å². The highest BCUT2D eigenvalue weighted by atomic mass is 35.5. The molecule has 1 heterocycles. The van der Waals surface area contributed by atoms with Crippen molar-refractivity contribution in [2.24, 2.45) is 0 Å². The van der Waals surface area contributed by atoms with Crippen LogP contribution in [0.4, 0.5) is 18.9 Å². The van der Waals surface area contributed by atoms with E-state index in [1.54, 1.807) is 18.2 Å². The Labute approximate surface area is 138 Å². The number of halogens is 4. The van der Waals surface area contributed by atoms with Crippen LogP contribution in [-0.2, 0) is 0 Å². The van der Waals surface area contributed by atoms with E-state index in [0.717, 1.165) is 18.8 Å². The van der Waals surface area contributed by atoms with Gasteiger partial charge in [0.2, 0.25) is 0 Å². The van der Waals surface area contributed by atoms with E-state index in [4.69, 9.17) is 11.6 Å². The van der Waals surface area contributed by atoms with Gasteiger partial charge in [0.1, 0.15) is 0 Å². The van der Waals surface area contributed by atoms with Gasteiger partial charge in [0.05, 0.1) is 16.6 Å². The fraction of sp³-hybridized carbons (Fsp3) is 0.533. The maximum atomic E-state index is 12.3. The Hall–Kier alpha value is -1.47. The zero-order valence-electron chi connectivity index (χ0n) is 12.7. The monoisotopic (exact) mass is 349 g/mol. The number of benzene rings is 1. The summed E-state index contributed by atoms with van der Waals surface area (Å²) in [6, 6.07) is 5.36. The summed E-state index contributed by atoms with van der Waals surface area (Å²) < 4.78 is 36.4. The lowest BCUT2D eigenvalue weighted by Crippen LogP contribution is -2.51. The van der Waals surface area contributed by atoms with E-state index >= 15 is 0 Å². The van der Waals surface area contributed by atoms with E-state index < -0.39 is 12.6 Å². The quantitative estimate of drug-likeness (QED) is 0.829. The highest BCUT2D eigenvalue weighted by Crippen LogP contribution is 2.24. The second kappa shape index (κ2) is 7.40. The zero-order valence-corrected chi connectivity index (χ0v) is 13.5. The summed E-state index contributed by atoms with van der Waals surface area (Å²) >= 11 is 6.14. The molecule has 8 heteroatoms. The van der Waals surface area contributed by atoms with Crippen LogP contribution in [0.25, 0.3) is 0 Å². The Morgan fingerprint density at radius 2 is 2.13 bits per heavy atom. The van der Waals surface area contributed by atoms with Gasteiger partial charge >= 0.3 is 6.18 Å². The smallest absolute Gasteiger partial charge is 0.380 e. The van der Waals surface area contributed by atoms with Crippen LogP contribution in [0.1, 0.15) is 23.2 Å². The van der Waals surface area contributed by atoms with E-state index in [2.05, 4.69) is 10.6 Å². The SMILES string of the molecule is CN(CCCC(F)(F)F)C(=O)c1ccc(NC2CNC2)cc1Cl. The molecule has 23 heavy (non-hydrogen) atoms. The second-order valence-electron chi connectivity index (χ2n) is 5.64. The summed E-state index contributed by atoms with van der Waals surface area (Å²) in [4.78, 5) is 13.5. The number of carbonyl (C=O) groups excluding carboxylic acids is 1. The topological polar surface area (TPSA) is 44.4 Å². The number of nitrogens with one attached hydrogen (secondary N) is 2.